The summed E-state index contributed by atoms with van der Waals surface area (Å²) in [5.74, 6) is 0.964. The average molecular weight is 278 g/mol. The van der Waals surface area contributed by atoms with Crippen LogP contribution in [0.1, 0.15) is 38.4 Å². The Kier molecular flexibility index (Phi) is 4.45. The highest BCUT2D eigenvalue weighted by atomic mass is 16.5. The fourth-order valence-electron chi connectivity index (χ4n) is 2.59. The van der Waals surface area contributed by atoms with Gasteiger partial charge in [0.15, 0.2) is 0 Å². The van der Waals surface area contributed by atoms with Crippen LogP contribution in [0.2, 0.25) is 0 Å². The molecule has 0 aliphatic carbocycles. The molecule has 1 fully saturated rings. The minimum atomic E-state index is -0.536. The van der Waals surface area contributed by atoms with Gasteiger partial charge in [0.05, 0.1) is 19.3 Å². The molecule has 0 bridgehead atoms. The Morgan fingerprint density at radius 1 is 1.35 bits per heavy atom. The van der Waals surface area contributed by atoms with Gasteiger partial charge < -0.3 is 14.6 Å². The van der Waals surface area contributed by atoms with E-state index in [-0.39, 0.29) is 24.6 Å². The Balaban J connectivity index is 2.19. The maximum Gasteiger partial charge on any atom is 0.144 e. The van der Waals surface area contributed by atoms with Crippen LogP contribution < -0.4 is 4.74 Å². The van der Waals surface area contributed by atoms with E-state index in [0.717, 1.165) is 11.3 Å². The van der Waals surface area contributed by atoms with E-state index in [2.05, 4.69) is 0 Å². The Hall–Kier alpha value is -1.39. The number of methoxy groups -OCH3 is 1. The van der Waals surface area contributed by atoms with Crippen molar-refractivity contribution < 1.29 is 19.4 Å². The first-order chi connectivity index (χ1) is 9.48. The van der Waals surface area contributed by atoms with Gasteiger partial charge in [0.2, 0.25) is 0 Å². The van der Waals surface area contributed by atoms with Crippen molar-refractivity contribution in [1.82, 2.24) is 0 Å². The SMILES string of the molecule is COc1ccc([C@@H]2CC(=O)C(C)(C)[C@H](CCO)O2)cc1. The highest BCUT2D eigenvalue weighted by molar-refractivity contribution is 5.86. The lowest BCUT2D eigenvalue weighted by molar-refractivity contribution is -0.162. The first kappa shape index (κ1) is 15.0. The summed E-state index contributed by atoms with van der Waals surface area (Å²) < 4.78 is 11.2. The van der Waals surface area contributed by atoms with E-state index in [0.29, 0.717) is 12.8 Å². The van der Waals surface area contributed by atoms with Gasteiger partial charge in [-0.3, -0.25) is 4.79 Å². The van der Waals surface area contributed by atoms with E-state index in [9.17, 15) is 4.79 Å². The number of aliphatic hydroxyl groups is 1. The molecule has 1 aromatic carbocycles. The van der Waals surface area contributed by atoms with Crippen molar-refractivity contribution in [3.05, 3.63) is 29.8 Å². The van der Waals surface area contributed by atoms with Gasteiger partial charge in [-0.05, 0) is 24.1 Å². The van der Waals surface area contributed by atoms with Gasteiger partial charge in [-0.1, -0.05) is 26.0 Å². The highest BCUT2D eigenvalue weighted by Gasteiger charge is 2.43. The number of carbonyl (C=O) groups is 1. The summed E-state index contributed by atoms with van der Waals surface area (Å²) in [6.45, 7) is 3.80. The molecular weight excluding hydrogens is 256 g/mol. The predicted octanol–water partition coefficient (Wildman–Crippen LogP) is 2.50. The molecule has 1 N–H and O–H groups in total. The predicted molar refractivity (Wildman–Crippen MR) is 75.7 cm³/mol. The average Bonchev–Trinajstić information content (AvgIpc) is 2.44. The maximum absolute atomic E-state index is 12.3. The molecule has 0 saturated carbocycles. The zero-order chi connectivity index (χ0) is 14.8. The summed E-state index contributed by atoms with van der Waals surface area (Å²) in [4.78, 5) is 12.3. The summed E-state index contributed by atoms with van der Waals surface area (Å²) in [7, 11) is 1.62. The molecular formula is C16H22O4. The summed E-state index contributed by atoms with van der Waals surface area (Å²) in [6, 6.07) is 7.57. The number of ketones is 1. The molecule has 1 aromatic rings. The van der Waals surface area contributed by atoms with E-state index in [1.165, 1.54) is 0 Å². The lowest BCUT2D eigenvalue weighted by Crippen LogP contribution is -2.45. The first-order valence-electron chi connectivity index (χ1n) is 6.92. The lowest BCUT2D eigenvalue weighted by Gasteiger charge is -2.41. The Morgan fingerprint density at radius 3 is 2.55 bits per heavy atom. The van der Waals surface area contributed by atoms with Crippen LogP contribution in [-0.4, -0.2) is 30.7 Å². The number of hydrogen-bond acceptors (Lipinski definition) is 4. The summed E-state index contributed by atoms with van der Waals surface area (Å²) in [6.07, 6.45) is 0.367. The molecule has 1 aliphatic rings. The fourth-order valence-corrected chi connectivity index (χ4v) is 2.59. The first-order valence-corrected chi connectivity index (χ1v) is 6.92. The molecule has 0 aromatic heterocycles. The molecule has 4 nitrogen and oxygen atoms in total. The van der Waals surface area contributed by atoms with Gasteiger partial charge in [-0.15, -0.1) is 0 Å². The van der Waals surface area contributed by atoms with Crippen LogP contribution in [0.5, 0.6) is 5.75 Å². The number of rotatable bonds is 4. The summed E-state index contributed by atoms with van der Waals surface area (Å²) in [5, 5.41) is 9.15. The molecule has 1 saturated heterocycles. The molecule has 2 atom stereocenters. The van der Waals surface area contributed by atoms with Gasteiger partial charge >= 0.3 is 0 Å². The smallest absolute Gasteiger partial charge is 0.144 e. The van der Waals surface area contributed by atoms with Crippen LogP contribution in [0.25, 0.3) is 0 Å². The summed E-state index contributed by atoms with van der Waals surface area (Å²) >= 11 is 0. The second-order valence-electron chi connectivity index (χ2n) is 5.75. The number of carbonyl (C=O) groups excluding carboxylic acids is 1. The third kappa shape index (κ3) is 2.86. The topological polar surface area (TPSA) is 55.8 Å². The Labute approximate surface area is 119 Å². The van der Waals surface area contributed by atoms with Crippen molar-refractivity contribution in [1.29, 1.82) is 0 Å². The molecule has 0 radical (unpaired) electrons. The molecule has 0 amide bonds. The van der Waals surface area contributed by atoms with E-state index < -0.39 is 5.41 Å². The normalized spacial score (nSPS) is 25.5. The van der Waals surface area contributed by atoms with Gasteiger partial charge in [0.25, 0.3) is 0 Å². The third-order valence-corrected chi connectivity index (χ3v) is 4.10. The Bertz CT molecular complexity index is 464. The van der Waals surface area contributed by atoms with Crippen molar-refractivity contribution in [3.63, 3.8) is 0 Å². The number of aliphatic hydroxyl groups excluding tert-OH is 1. The molecule has 2 rings (SSSR count). The van der Waals surface area contributed by atoms with E-state index in [4.69, 9.17) is 14.6 Å². The number of benzene rings is 1. The lowest BCUT2D eigenvalue weighted by atomic mass is 9.75. The molecule has 20 heavy (non-hydrogen) atoms. The monoisotopic (exact) mass is 278 g/mol. The minimum absolute atomic E-state index is 0.0245. The van der Waals surface area contributed by atoms with Gasteiger partial charge in [0, 0.05) is 18.4 Å². The van der Waals surface area contributed by atoms with Crippen molar-refractivity contribution in [3.8, 4) is 5.75 Å². The van der Waals surface area contributed by atoms with Crippen LogP contribution in [-0.2, 0) is 9.53 Å². The second-order valence-corrected chi connectivity index (χ2v) is 5.75. The second kappa shape index (κ2) is 5.94. The van der Waals surface area contributed by atoms with Crippen LogP contribution in [0.4, 0.5) is 0 Å². The standard InChI is InChI=1S/C16H22O4/c1-16(2)14(18)10-13(20-15(16)8-9-17)11-4-6-12(19-3)7-5-11/h4-7,13,15,17H,8-10H2,1-3H3/t13-,15-/m0/s1. The molecule has 0 spiro atoms. The van der Waals surface area contributed by atoms with Crippen LogP contribution in [0, 0.1) is 5.41 Å². The van der Waals surface area contributed by atoms with Crippen LogP contribution >= 0.6 is 0 Å². The highest BCUT2D eigenvalue weighted by Crippen LogP contribution is 2.40. The molecule has 1 heterocycles. The van der Waals surface area contributed by atoms with E-state index >= 15 is 0 Å². The zero-order valence-corrected chi connectivity index (χ0v) is 12.3. The van der Waals surface area contributed by atoms with Crippen LogP contribution in [0.3, 0.4) is 0 Å². The van der Waals surface area contributed by atoms with Crippen molar-refractivity contribution in [2.45, 2.75) is 38.9 Å². The minimum Gasteiger partial charge on any atom is -0.497 e. The molecule has 1 aliphatic heterocycles. The van der Waals surface area contributed by atoms with Crippen molar-refractivity contribution in [2.75, 3.05) is 13.7 Å². The number of ether oxygens (including phenoxy) is 2. The van der Waals surface area contributed by atoms with E-state index in [1.807, 2.05) is 38.1 Å². The molecule has 110 valence electrons. The fraction of sp³-hybridized carbons (Fsp3) is 0.562. The van der Waals surface area contributed by atoms with Crippen LogP contribution in [0.15, 0.2) is 24.3 Å². The number of hydrogen-bond donors (Lipinski definition) is 1. The zero-order valence-electron chi connectivity index (χ0n) is 12.3. The Morgan fingerprint density at radius 2 is 2.00 bits per heavy atom. The quantitative estimate of drug-likeness (QED) is 0.919. The summed E-state index contributed by atoms with van der Waals surface area (Å²) in [5.41, 5.74) is 0.434. The van der Waals surface area contributed by atoms with Crippen molar-refractivity contribution in [2.24, 2.45) is 5.41 Å². The van der Waals surface area contributed by atoms with E-state index in [1.54, 1.807) is 7.11 Å². The molecule has 4 heteroatoms. The third-order valence-electron chi connectivity index (χ3n) is 4.10. The van der Waals surface area contributed by atoms with Gasteiger partial charge in [-0.2, -0.15) is 0 Å². The van der Waals surface area contributed by atoms with Crippen molar-refractivity contribution >= 4 is 5.78 Å². The largest absolute Gasteiger partial charge is 0.497 e. The molecule has 0 unspecified atom stereocenters. The van der Waals surface area contributed by atoms with Gasteiger partial charge in [-0.25, -0.2) is 0 Å². The maximum atomic E-state index is 12.3. The van der Waals surface area contributed by atoms with Gasteiger partial charge in [0.1, 0.15) is 11.5 Å². The number of Topliss-reactive ketones (excluding diaryl/α,β-unsaturated/α-hetero) is 1.